The van der Waals surface area contributed by atoms with Crippen LogP contribution in [0, 0.1) is 31.4 Å². The van der Waals surface area contributed by atoms with E-state index in [4.69, 9.17) is 14.2 Å². The van der Waals surface area contributed by atoms with Crippen LogP contribution in [0.5, 0.6) is 0 Å². The molecule has 3 aromatic heterocycles. The first kappa shape index (κ1) is 25.6. The Labute approximate surface area is 225 Å². The van der Waals surface area contributed by atoms with Crippen molar-refractivity contribution in [3.63, 3.8) is 0 Å². The highest BCUT2D eigenvalue weighted by molar-refractivity contribution is 6.07. The molecule has 8 heteroatoms. The summed E-state index contributed by atoms with van der Waals surface area (Å²) in [6.45, 7) is 8.08. The molecular formula is C31H31F2N3O3. The molecule has 1 aliphatic rings. The number of hydrogen-bond acceptors (Lipinski definition) is 5. The zero-order valence-electron chi connectivity index (χ0n) is 22.5. The van der Waals surface area contributed by atoms with Gasteiger partial charge in [-0.15, -0.1) is 0 Å². The summed E-state index contributed by atoms with van der Waals surface area (Å²) in [7, 11) is 0. The average Bonchev–Trinajstić information content (AvgIpc) is 3.42. The predicted molar refractivity (Wildman–Crippen MR) is 145 cm³/mol. The van der Waals surface area contributed by atoms with Crippen LogP contribution in [0.4, 0.5) is 8.78 Å². The van der Waals surface area contributed by atoms with Crippen LogP contribution in [0.3, 0.4) is 0 Å². The van der Waals surface area contributed by atoms with Crippen molar-refractivity contribution in [2.75, 3.05) is 13.2 Å². The maximum Gasteiger partial charge on any atom is 0.153 e. The molecule has 0 amide bonds. The molecule has 0 unspecified atom stereocenters. The highest BCUT2D eigenvalue weighted by atomic mass is 19.1. The van der Waals surface area contributed by atoms with Gasteiger partial charge in [-0.2, -0.15) is 0 Å². The van der Waals surface area contributed by atoms with E-state index in [1.54, 1.807) is 38.2 Å². The molecule has 0 bridgehead atoms. The van der Waals surface area contributed by atoms with Crippen LogP contribution in [0.15, 0.2) is 53.2 Å². The lowest BCUT2D eigenvalue weighted by Crippen LogP contribution is -2.27. The van der Waals surface area contributed by atoms with Gasteiger partial charge >= 0.3 is 0 Å². The summed E-state index contributed by atoms with van der Waals surface area (Å²) in [6.07, 6.45) is 3.31. The predicted octanol–water partition coefficient (Wildman–Crippen LogP) is 6.98. The summed E-state index contributed by atoms with van der Waals surface area (Å²) >= 11 is 0. The first-order chi connectivity index (χ1) is 18.6. The molecule has 5 aromatic rings. The van der Waals surface area contributed by atoms with E-state index in [0.717, 1.165) is 40.7 Å². The Bertz CT molecular complexity index is 1660. The number of aryl methyl sites for hydroxylation is 2. The molecular weight excluding hydrogens is 500 g/mol. The van der Waals surface area contributed by atoms with Gasteiger partial charge in [0.2, 0.25) is 0 Å². The number of nitrogens with zero attached hydrogens (tertiary/aromatic N) is 3. The molecule has 202 valence electrons. The zero-order valence-corrected chi connectivity index (χ0v) is 22.5. The van der Waals surface area contributed by atoms with Crippen molar-refractivity contribution in [3.8, 4) is 11.1 Å². The smallest absolute Gasteiger partial charge is 0.153 e. The average molecular weight is 532 g/mol. The normalized spacial score (nSPS) is 15.9. The number of rotatable bonds is 5. The van der Waals surface area contributed by atoms with Crippen molar-refractivity contribution in [1.29, 1.82) is 0 Å². The largest absolute Gasteiger partial charge is 0.386 e. The lowest BCUT2D eigenvalue weighted by atomic mass is 9.86. The molecule has 6 nitrogen and oxygen atoms in total. The highest BCUT2D eigenvalue weighted by Crippen LogP contribution is 2.43. The van der Waals surface area contributed by atoms with Gasteiger partial charge in [0, 0.05) is 41.5 Å². The van der Waals surface area contributed by atoms with Crippen LogP contribution in [-0.2, 0) is 10.3 Å². The van der Waals surface area contributed by atoms with E-state index in [-0.39, 0.29) is 23.3 Å². The Morgan fingerprint density at radius 3 is 2.41 bits per heavy atom. The van der Waals surface area contributed by atoms with Gasteiger partial charge in [-0.3, -0.25) is 4.98 Å². The van der Waals surface area contributed by atoms with Crippen molar-refractivity contribution in [3.05, 3.63) is 82.9 Å². The second kappa shape index (κ2) is 9.54. The summed E-state index contributed by atoms with van der Waals surface area (Å²) < 4.78 is 43.7. The fourth-order valence-electron chi connectivity index (χ4n) is 6.07. The SMILES string of the molecule is Cc1noc(C)c1-c1cnc2c3ccc(C(C)(C)O)c(F)c3n([C@@H](c3ccc(F)cc3)C3CCOCC3)c2c1. The fraction of sp³-hybridized carbons (Fsp3) is 0.355. The number of aliphatic hydroxyl groups is 1. The van der Waals surface area contributed by atoms with Crippen molar-refractivity contribution < 1.29 is 23.1 Å². The van der Waals surface area contributed by atoms with Gasteiger partial charge in [-0.25, -0.2) is 8.78 Å². The molecule has 0 spiro atoms. The van der Waals surface area contributed by atoms with Crippen LogP contribution in [0.1, 0.15) is 55.3 Å². The minimum atomic E-state index is -1.39. The van der Waals surface area contributed by atoms with Crippen molar-refractivity contribution in [2.24, 2.45) is 5.92 Å². The molecule has 1 atom stereocenters. The molecule has 2 aromatic carbocycles. The lowest BCUT2D eigenvalue weighted by Gasteiger charge is -2.33. The molecule has 1 saturated heterocycles. The molecule has 0 aliphatic carbocycles. The van der Waals surface area contributed by atoms with Gasteiger partial charge < -0.3 is 18.9 Å². The third-order valence-corrected chi connectivity index (χ3v) is 7.92. The van der Waals surface area contributed by atoms with Crippen LogP contribution in [0.2, 0.25) is 0 Å². The van der Waals surface area contributed by atoms with Crippen molar-refractivity contribution in [1.82, 2.24) is 14.7 Å². The standard InChI is InChI=1S/C31H31F2N3O3/c1-17-26(18(2)39-35-17)21-15-25-28(34-16-21)23-9-10-24(31(3,4)37)27(33)30(23)36(25)29(20-11-13-38-14-12-20)19-5-7-22(32)8-6-19/h5-10,15-16,20,29,37H,11-14H2,1-4H3/t29-/m0/s1. The summed E-state index contributed by atoms with van der Waals surface area (Å²) in [5.74, 6) is -0.0390. The lowest BCUT2D eigenvalue weighted by molar-refractivity contribution is 0.0551. The van der Waals surface area contributed by atoms with Crippen LogP contribution >= 0.6 is 0 Å². The number of fused-ring (bicyclic) bond motifs is 3. The van der Waals surface area contributed by atoms with E-state index in [9.17, 15) is 9.50 Å². The number of ether oxygens (including phenoxy) is 1. The third-order valence-electron chi connectivity index (χ3n) is 7.92. The molecule has 0 radical (unpaired) electrons. The van der Waals surface area contributed by atoms with Gasteiger partial charge in [0.15, 0.2) is 5.82 Å². The van der Waals surface area contributed by atoms with Gasteiger partial charge in [0.1, 0.15) is 11.6 Å². The van der Waals surface area contributed by atoms with Gasteiger partial charge in [-0.05, 0) is 70.2 Å². The van der Waals surface area contributed by atoms with E-state index in [2.05, 4.69) is 5.16 Å². The minimum Gasteiger partial charge on any atom is -0.386 e. The highest BCUT2D eigenvalue weighted by Gasteiger charge is 2.33. The van der Waals surface area contributed by atoms with E-state index in [1.165, 1.54) is 12.1 Å². The molecule has 1 aliphatic heterocycles. The van der Waals surface area contributed by atoms with Gasteiger partial charge in [0.25, 0.3) is 0 Å². The first-order valence-corrected chi connectivity index (χ1v) is 13.3. The Balaban J connectivity index is 1.73. The van der Waals surface area contributed by atoms with Crippen LogP contribution in [-0.4, -0.2) is 33.0 Å². The molecule has 4 heterocycles. The molecule has 1 N–H and O–H groups in total. The monoisotopic (exact) mass is 531 g/mol. The summed E-state index contributed by atoms with van der Waals surface area (Å²) in [6, 6.07) is 11.6. The van der Waals surface area contributed by atoms with Crippen LogP contribution in [0.25, 0.3) is 33.1 Å². The number of hydrogen-bond donors (Lipinski definition) is 1. The molecule has 0 saturated carbocycles. The van der Waals surface area contributed by atoms with E-state index < -0.39 is 11.4 Å². The Morgan fingerprint density at radius 1 is 1.05 bits per heavy atom. The molecule has 6 rings (SSSR count). The van der Waals surface area contributed by atoms with Crippen molar-refractivity contribution in [2.45, 2.75) is 52.2 Å². The van der Waals surface area contributed by atoms with E-state index in [0.29, 0.717) is 35.4 Å². The van der Waals surface area contributed by atoms with Crippen LogP contribution < -0.4 is 0 Å². The zero-order chi connectivity index (χ0) is 27.5. The summed E-state index contributed by atoms with van der Waals surface area (Å²) in [5.41, 5.74) is 3.86. The first-order valence-electron chi connectivity index (χ1n) is 13.3. The second-order valence-electron chi connectivity index (χ2n) is 11.0. The molecule has 1 fully saturated rings. The van der Waals surface area contributed by atoms with E-state index in [1.807, 2.05) is 30.5 Å². The molecule has 39 heavy (non-hydrogen) atoms. The van der Waals surface area contributed by atoms with Gasteiger partial charge in [-0.1, -0.05) is 29.4 Å². The quantitative estimate of drug-likeness (QED) is 0.265. The fourth-order valence-corrected chi connectivity index (χ4v) is 6.07. The topological polar surface area (TPSA) is 73.3 Å². The van der Waals surface area contributed by atoms with E-state index >= 15 is 4.39 Å². The summed E-state index contributed by atoms with van der Waals surface area (Å²) in [5, 5.41) is 15.6. The number of aromatic nitrogens is 3. The Kier molecular flexibility index (Phi) is 6.27. The third kappa shape index (κ3) is 4.32. The number of halogens is 2. The number of pyridine rings is 1. The summed E-state index contributed by atoms with van der Waals surface area (Å²) in [4.78, 5) is 4.83. The van der Waals surface area contributed by atoms with Gasteiger partial charge in [0.05, 0.1) is 33.9 Å². The second-order valence-corrected chi connectivity index (χ2v) is 11.0. The maximum atomic E-state index is 16.6. The maximum absolute atomic E-state index is 16.6. The minimum absolute atomic E-state index is 0.107. The van der Waals surface area contributed by atoms with Crippen molar-refractivity contribution >= 4 is 21.9 Å². The number of benzene rings is 2. The Morgan fingerprint density at radius 2 is 1.77 bits per heavy atom. The Hall–Kier alpha value is -3.62.